The van der Waals surface area contributed by atoms with Gasteiger partial charge in [0.05, 0.1) is 5.41 Å². The number of piperidine rings is 1. The maximum Gasteiger partial charge on any atom is 0.233 e. The van der Waals surface area contributed by atoms with Gasteiger partial charge in [0.1, 0.15) is 5.82 Å². The summed E-state index contributed by atoms with van der Waals surface area (Å²) in [6.07, 6.45) is 12.3. The van der Waals surface area contributed by atoms with Crippen LogP contribution in [0.15, 0.2) is 18.2 Å². The number of hydrogen-bond acceptors (Lipinski definition) is 2. The molecular formula is C27H35FN2O. The fourth-order valence-electron chi connectivity index (χ4n) is 8.74. The van der Waals surface area contributed by atoms with E-state index in [-0.39, 0.29) is 16.6 Å². The van der Waals surface area contributed by atoms with Crippen LogP contribution in [0.5, 0.6) is 0 Å². The number of carbonyl (C=O) groups excluding carboxylic acids is 1. The van der Waals surface area contributed by atoms with E-state index < -0.39 is 0 Å². The standard InChI is InChI=1S/C27H35FN2O/c28-22-3-4-24-23(12-22)26(5-7-29(8-6-26)16-18-1-2-18)17-30(24)25(31)27-13-19-9-20(14-27)11-21(10-19)15-27/h3-4,12,18-21H,1-2,5-11,13-17H2. The number of benzene rings is 1. The molecule has 8 rings (SSSR count). The first-order valence-corrected chi connectivity index (χ1v) is 12.9. The Bertz CT molecular complexity index is 879. The summed E-state index contributed by atoms with van der Waals surface area (Å²) in [5, 5.41) is 0. The third-order valence-electron chi connectivity index (χ3n) is 10.0. The summed E-state index contributed by atoms with van der Waals surface area (Å²) >= 11 is 0. The van der Waals surface area contributed by atoms with Gasteiger partial charge in [-0.05, 0) is 125 Å². The second kappa shape index (κ2) is 6.56. The molecule has 1 aromatic rings. The van der Waals surface area contributed by atoms with Crippen LogP contribution < -0.4 is 4.90 Å². The maximum absolute atomic E-state index is 14.4. The second-order valence-electron chi connectivity index (χ2n) is 12.3. The molecule has 1 saturated heterocycles. The lowest BCUT2D eigenvalue weighted by atomic mass is 9.49. The Kier molecular flexibility index (Phi) is 4.04. The SMILES string of the molecule is O=C(N1CC2(CCN(CC3CC3)CC2)c2cc(F)ccc21)C12CC3CC(CC(C3)C1)C2. The van der Waals surface area contributed by atoms with Gasteiger partial charge in [-0.25, -0.2) is 4.39 Å². The Hall–Kier alpha value is -1.42. The van der Waals surface area contributed by atoms with Crippen molar-refractivity contribution in [1.82, 2.24) is 4.90 Å². The zero-order chi connectivity index (χ0) is 20.8. The van der Waals surface area contributed by atoms with Crippen LogP contribution in [0.1, 0.15) is 69.8 Å². The Morgan fingerprint density at radius 3 is 2.26 bits per heavy atom. The van der Waals surface area contributed by atoms with Crippen LogP contribution in [0.2, 0.25) is 0 Å². The van der Waals surface area contributed by atoms with Crippen LogP contribution in [0.3, 0.4) is 0 Å². The van der Waals surface area contributed by atoms with Crippen molar-refractivity contribution < 1.29 is 9.18 Å². The van der Waals surface area contributed by atoms with Gasteiger partial charge in [0.2, 0.25) is 5.91 Å². The van der Waals surface area contributed by atoms with E-state index in [1.165, 1.54) is 38.6 Å². The van der Waals surface area contributed by atoms with E-state index >= 15 is 0 Å². The van der Waals surface area contributed by atoms with Gasteiger partial charge in [0.25, 0.3) is 0 Å². The van der Waals surface area contributed by atoms with Crippen molar-refractivity contribution in [3.8, 4) is 0 Å². The number of nitrogens with zero attached hydrogens (tertiary/aromatic N) is 2. The molecule has 0 radical (unpaired) electrons. The molecule has 0 unspecified atom stereocenters. The lowest BCUT2D eigenvalue weighted by Gasteiger charge is -2.56. The van der Waals surface area contributed by atoms with Crippen molar-refractivity contribution in [2.45, 2.75) is 69.6 Å². The molecule has 0 N–H and O–H groups in total. The topological polar surface area (TPSA) is 23.6 Å². The number of carbonyl (C=O) groups is 1. The highest BCUT2D eigenvalue weighted by Gasteiger charge is 2.58. The summed E-state index contributed by atoms with van der Waals surface area (Å²) in [5.41, 5.74) is 1.98. The third kappa shape index (κ3) is 2.96. The number of anilines is 1. The van der Waals surface area contributed by atoms with Crippen molar-refractivity contribution in [2.75, 3.05) is 31.1 Å². The fourth-order valence-corrected chi connectivity index (χ4v) is 8.74. The number of amides is 1. The van der Waals surface area contributed by atoms with Gasteiger partial charge in [0.15, 0.2) is 0 Å². The Morgan fingerprint density at radius 1 is 1.00 bits per heavy atom. The van der Waals surface area contributed by atoms with Crippen molar-refractivity contribution >= 4 is 11.6 Å². The summed E-state index contributed by atoms with van der Waals surface area (Å²) in [4.78, 5) is 19.0. The molecule has 5 aliphatic carbocycles. The van der Waals surface area contributed by atoms with E-state index in [4.69, 9.17) is 0 Å². The number of rotatable bonds is 3. The van der Waals surface area contributed by atoms with Crippen LogP contribution in [0, 0.1) is 34.9 Å². The predicted molar refractivity (Wildman–Crippen MR) is 119 cm³/mol. The van der Waals surface area contributed by atoms with E-state index in [2.05, 4.69) is 9.80 Å². The van der Waals surface area contributed by atoms with Crippen LogP contribution in [0.4, 0.5) is 10.1 Å². The molecule has 4 heteroatoms. The van der Waals surface area contributed by atoms with Gasteiger partial charge < -0.3 is 9.80 Å². The minimum atomic E-state index is -0.150. The van der Waals surface area contributed by atoms with Crippen LogP contribution in [-0.4, -0.2) is 37.0 Å². The van der Waals surface area contributed by atoms with Crippen molar-refractivity contribution in [3.05, 3.63) is 29.6 Å². The summed E-state index contributed by atoms with van der Waals surface area (Å²) in [5.74, 6) is 3.45. The molecule has 5 saturated carbocycles. The Morgan fingerprint density at radius 2 is 1.65 bits per heavy atom. The summed E-state index contributed by atoms with van der Waals surface area (Å²) in [6, 6.07) is 5.24. The van der Waals surface area contributed by atoms with Gasteiger partial charge in [-0.1, -0.05) is 0 Å². The van der Waals surface area contributed by atoms with Crippen molar-refractivity contribution in [1.29, 1.82) is 0 Å². The van der Waals surface area contributed by atoms with Crippen molar-refractivity contribution in [3.63, 3.8) is 0 Å². The zero-order valence-electron chi connectivity index (χ0n) is 18.6. The molecule has 2 heterocycles. The fraction of sp³-hybridized carbons (Fsp3) is 0.741. The first-order valence-electron chi connectivity index (χ1n) is 12.9. The first-order chi connectivity index (χ1) is 15.0. The molecule has 2 aliphatic heterocycles. The quantitative estimate of drug-likeness (QED) is 0.674. The number of fused-ring (bicyclic) bond motifs is 2. The minimum absolute atomic E-state index is 0.0462. The highest BCUT2D eigenvalue weighted by molar-refractivity contribution is 6.00. The maximum atomic E-state index is 14.4. The molecule has 166 valence electrons. The summed E-state index contributed by atoms with van der Waals surface area (Å²) in [6.45, 7) is 4.20. The lowest BCUT2D eigenvalue weighted by molar-refractivity contribution is -0.143. The molecule has 31 heavy (non-hydrogen) atoms. The molecular weight excluding hydrogens is 387 g/mol. The number of likely N-dealkylation sites (tertiary alicyclic amines) is 1. The molecule has 3 nitrogen and oxygen atoms in total. The molecule has 7 aliphatic rings. The monoisotopic (exact) mass is 422 g/mol. The summed E-state index contributed by atoms with van der Waals surface area (Å²) in [7, 11) is 0. The minimum Gasteiger partial charge on any atom is -0.311 e. The number of hydrogen-bond donors (Lipinski definition) is 0. The largest absolute Gasteiger partial charge is 0.311 e. The highest BCUT2D eigenvalue weighted by Crippen LogP contribution is 2.61. The van der Waals surface area contributed by atoms with E-state index in [1.54, 1.807) is 12.1 Å². The van der Waals surface area contributed by atoms with Crippen LogP contribution in [0.25, 0.3) is 0 Å². The van der Waals surface area contributed by atoms with Crippen molar-refractivity contribution in [2.24, 2.45) is 29.1 Å². The molecule has 6 fully saturated rings. The van der Waals surface area contributed by atoms with Gasteiger partial charge >= 0.3 is 0 Å². The van der Waals surface area contributed by atoms with E-state index in [1.807, 2.05) is 6.07 Å². The van der Waals surface area contributed by atoms with E-state index in [9.17, 15) is 9.18 Å². The molecule has 1 spiro atoms. The average Bonchev–Trinajstić information content (AvgIpc) is 3.51. The summed E-state index contributed by atoms with van der Waals surface area (Å²) < 4.78 is 14.4. The smallest absolute Gasteiger partial charge is 0.233 e. The Labute approximate surface area is 185 Å². The lowest BCUT2D eigenvalue weighted by Crippen LogP contribution is -2.55. The average molecular weight is 423 g/mol. The van der Waals surface area contributed by atoms with Gasteiger partial charge in [-0.2, -0.15) is 0 Å². The Balaban J connectivity index is 1.19. The third-order valence-corrected chi connectivity index (χ3v) is 10.0. The molecule has 0 aromatic heterocycles. The zero-order valence-corrected chi connectivity index (χ0v) is 18.6. The predicted octanol–water partition coefficient (Wildman–Crippen LogP) is 5.13. The molecule has 1 aromatic carbocycles. The number of halogens is 1. The second-order valence-corrected chi connectivity index (χ2v) is 12.3. The van der Waals surface area contributed by atoms with Crippen LogP contribution >= 0.6 is 0 Å². The molecule has 1 amide bonds. The normalized spacial score (nSPS) is 38.1. The van der Waals surface area contributed by atoms with Crippen LogP contribution in [-0.2, 0) is 10.2 Å². The molecule has 4 bridgehead atoms. The van der Waals surface area contributed by atoms with Gasteiger partial charge in [0, 0.05) is 24.2 Å². The first kappa shape index (κ1) is 19.1. The van der Waals surface area contributed by atoms with Gasteiger partial charge in [-0.3, -0.25) is 4.79 Å². The molecule has 0 atom stereocenters. The van der Waals surface area contributed by atoms with Gasteiger partial charge in [-0.15, -0.1) is 0 Å². The van der Waals surface area contributed by atoms with E-state index in [0.29, 0.717) is 5.91 Å². The van der Waals surface area contributed by atoms with E-state index in [0.717, 1.165) is 86.7 Å². The highest BCUT2D eigenvalue weighted by atomic mass is 19.1.